The van der Waals surface area contributed by atoms with Gasteiger partial charge < -0.3 is 9.42 Å². The highest BCUT2D eigenvalue weighted by molar-refractivity contribution is 5.92. The molecule has 0 spiro atoms. The van der Waals surface area contributed by atoms with Gasteiger partial charge in [0.15, 0.2) is 0 Å². The zero-order valence-electron chi connectivity index (χ0n) is 13.6. The van der Waals surface area contributed by atoms with Gasteiger partial charge in [-0.05, 0) is 43.4 Å². The zero-order chi connectivity index (χ0) is 16.5. The van der Waals surface area contributed by atoms with Crippen LogP contribution in [0, 0.1) is 12.8 Å². The van der Waals surface area contributed by atoms with Crippen LogP contribution in [0.5, 0.6) is 0 Å². The highest BCUT2D eigenvalue weighted by atomic mass is 16.5. The Bertz CT molecular complexity index is 882. The standard InChI is InChI=1S/C19H19N3O2/c1-13-11-21-24-18(13)19(23)22-9-7-14(12-22)10-15-6-8-20-17-5-3-2-4-16(15)17/h2-6,8,11,14H,7,9-10,12H2,1H3. The molecule has 1 atom stereocenters. The Hall–Kier alpha value is -2.69. The van der Waals surface area contributed by atoms with Crippen LogP contribution >= 0.6 is 0 Å². The van der Waals surface area contributed by atoms with Gasteiger partial charge in [0.25, 0.3) is 5.91 Å². The monoisotopic (exact) mass is 321 g/mol. The van der Waals surface area contributed by atoms with Gasteiger partial charge in [-0.1, -0.05) is 23.4 Å². The van der Waals surface area contributed by atoms with Crippen LogP contribution < -0.4 is 0 Å². The number of carbonyl (C=O) groups excluding carboxylic acids is 1. The molecule has 1 saturated heterocycles. The molecule has 1 aromatic carbocycles. The van der Waals surface area contributed by atoms with E-state index in [1.165, 1.54) is 10.9 Å². The van der Waals surface area contributed by atoms with Gasteiger partial charge >= 0.3 is 0 Å². The number of benzene rings is 1. The van der Waals surface area contributed by atoms with E-state index < -0.39 is 0 Å². The fraction of sp³-hybridized carbons (Fsp3) is 0.316. The molecule has 3 heterocycles. The van der Waals surface area contributed by atoms with E-state index in [0.717, 1.165) is 37.0 Å². The van der Waals surface area contributed by atoms with Crippen molar-refractivity contribution in [2.45, 2.75) is 19.8 Å². The van der Waals surface area contributed by atoms with Crippen LogP contribution in [0.2, 0.25) is 0 Å². The van der Waals surface area contributed by atoms with Gasteiger partial charge in [0.1, 0.15) is 0 Å². The normalized spacial score (nSPS) is 17.5. The molecule has 1 aliphatic rings. The lowest BCUT2D eigenvalue weighted by molar-refractivity contribution is 0.0744. The van der Waals surface area contributed by atoms with Crippen molar-refractivity contribution in [1.29, 1.82) is 0 Å². The summed E-state index contributed by atoms with van der Waals surface area (Å²) < 4.78 is 5.10. The van der Waals surface area contributed by atoms with Crippen LogP contribution in [0.15, 0.2) is 47.2 Å². The lowest BCUT2D eigenvalue weighted by atomic mass is 9.96. The highest BCUT2D eigenvalue weighted by Crippen LogP contribution is 2.26. The third-order valence-corrected chi connectivity index (χ3v) is 4.76. The summed E-state index contributed by atoms with van der Waals surface area (Å²) in [5.74, 6) is 0.778. The smallest absolute Gasteiger partial charge is 0.292 e. The number of rotatable bonds is 3. The number of amides is 1. The van der Waals surface area contributed by atoms with Gasteiger partial charge in [-0.2, -0.15) is 0 Å². The number of pyridine rings is 1. The summed E-state index contributed by atoms with van der Waals surface area (Å²) >= 11 is 0. The minimum Gasteiger partial charge on any atom is -0.351 e. The molecule has 4 rings (SSSR count). The number of aromatic nitrogens is 2. The van der Waals surface area contributed by atoms with Crippen molar-refractivity contribution in [1.82, 2.24) is 15.0 Å². The second kappa shape index (κ2) is 6.07. The van der Waals surface area contributed by atoms with Gasteiger partial charge in [-0.15, -0.1) is 0 Å². The van der Waals surface area contributed by atoms with Crippen molar-refractivity contribution in [3.05, 3.63) is 59.6 Å². The predicted molar refractivity (Wildman–Crippen MR) is 90.7 cm³/mol. The maximum Gasteiger partial charge on any atom is 0.292 e. The molecule has 1 unspecified atom stereocenters. The number of para-hydroxylation sites is 1. The molecule has 1 fully saturated rings. The predicted octanol–water partition coefficient (Wildman–Crippen LogP) is 3.24. The third kappa shape index (κ3) is 2.66. The summed E-state index contributed by atoms with van der Waals surface area (Å²) in [4.78, 5) is 18.8. The minimum absolute atomic E-state index is 0.0490. The molecule has 5 heteroatoms. The Morgan fingerprint density at radius 2 is 2.21 bits per heavy atom. The summed E-state index contributed by atoms with van der Waals surface area (Å²) in [6.07, 6.45) is 5.43. The Balaban J connectivity index is 1.49. The van der Waals surface area contributed by atoms with E-state index >= 15 is 0 Å². The Morgan fingerprint density at radius 3 is 3.04 bits per heavy atom. The van der Waals surface area contributed by atoms with Crippen LogP contribution in [-0.2, 0) is 6.42 Å². The Kier molecular flexibility index (Phi) is 3.76. The van der Waals surface area contributed by atoms with Crippen molar-refractivity contribution in [2.75, 3.05) is 13.1 Å². The third-order valence-electron chi connectivity index (χ3n) is 4.76. The van der Waals surface area contributed by atoms with E-state index in [0.29, 0.717) is 11.7 Å². The quantitative estimate of drug-likeness (QED) is 0.743. The van der Waals surface area contributed by atoms with E-state index in [2.05, 4.69) is 22.3 Å². The average molecular weight is 321 g/mol. The molecule has 0 bridgehead atoms. The first-order valence-electron chi connectivity index (χ1n) is 8.25. The maximum atomic E-state index is 12.5. The minimum atomic E-state index is -0.0490. The molecule has 24 heavy (non-hydrogen) atoms. The lowest BCUT2D eigenvalue weighted by Crippen LogP contribution is -2.29. The van der Waals surface area contributed by atoms with Crippen molar-refractivity contribution in [3.63, 3.8) is 0 Å². The number of likely N-dealkylation sites (tertiary alicyclic amines) is 1. The Morgan fingerprint density at radius 1 is 1.33 bits per heavy atom. The molecule has 5 nitrogen and oxygen atoms in total. The van der Waals surface area contributed by atoms with E-state index in [-0.39, 0.29) is 5.91 Å². The summed E-state index contributed by atoms with van der Waals surface area (Å²) in [5, 5.41) is 4.91. The molecular formula is C19H19N3O2. The molecule has 2 aromatic heterocycles. The van der Waals surface area contributed by atoms with Crippen LogP contribution in [-0.4, -0.2) is 34.0 Å². The first-order valence-corrected chi connectivity index (χ1v) is 8.25. The summed E-state index contributed by atoms with van der Waals surface area (Å²) in [7, 11) is 0. The number of nitrogens with zero attached hydrogens (tertiary/aromatic N) is 3. The lowest BCUT2D eigenvalue weighted by Gasteiger charge is -2.15. The van der Waals surface area contributed by atoms with Crippen LogP contribution in [0.1, 0.15) is 28.1 Å². The maximum absolute atomic E-state index is 12.5. The van der Waals surface area contributed by atoms with Crippen LogP contribution in [0.3, 0.4) is 0 Å². The average Bonchev–Trinajstić information content (AvgIpc) is 3.24. The number of hydrogen-bond donors (Lipinski definition) is 0. The molecule has 0 saturated carbocycles. The molecule has 0 radical (unpaired) electrons. The van der Waals surface area contributed by atoms with E-state index in [4.69, 9.17) is 4.52 Å². The molecule has 0 aliphatic carbocycles. The zero-order valence-corrected chi connectivity index (χ0v) is 13.6. The molecular weight excluding hydrogens is 302 g/mol. The van der Waals surface area contributed by atoms with Gasteiger partial charge in [-0.25, -0.2) is 0 Å². The largest absolute Gasteiger partial charge is 0.351 e. The summed E-state index contributed by atoms with van der Waals surface area (Å²) in [6, 6.07) is 10.3. The number of aryl methyl sites for hydroxylation is 1. The molecule has 1 aliphatic heterocycles. The number of hydrogen-bond acceptors (Lipinski definition) is 4. The van der Waals surface area contributed by atoms with Crippen LogP contribution in [0.25, 0.3) is 10.9 Å². The van der Waals surface area contributed by atoms with Crippen molar-refractivity contribution < 1.29 is 9.32 Å². The van der Waals surface area contributed by atoms with Gasteiger partial charge in [0, 0.05) is 30.2 Å². The highest BCUT2D eigenvalue weighted by Gasteiger charge is 2.30. The fourth-order valence-corrected chi connectivity index (χ4v) is 3.47. The molecule has 3 aromatic rings. The van der Waals surface area contributed by atoms with Crippen molar-refractivity contribution in [3.8, 4) is 0 Å². The fourth-order valence-electron chi connectivity index (χ4n) is 3.47. The topological polar surface area (TPSA) is 59.2 Å². The first-order chi connectivity index (χ1) is 11.7. The van der Waals surface area contributed by atoms with Crippen molar-refractivity contribution >= 4 is 16.8 Å². The van der Waals surface area contributed by atoms with E-state index in [9.17, 15) is 4.79 Å². The number of carbonyl (C=O) groups is 1. The first kappa shape index (κ1) is 14.9. The molecule has 0 N–H and O–H groups in total. The van der Waals surface area contributed by atoms with Gasteiger partial charge in [0.05, 0.1) is 11.7 Å². The van der Waals surface area contributed by atoms with Gasteiger partial charge in [-0.3, -0.25) is 9.78 Å². The van der Waals surface area contributed by atoms with E-state index in [1.807, 2.05) is 36.2 Å². The van der Waals surface area contributed by atoms with Crippen LogP contribution in [0.4, 0.5) is 0 Å². The van der Waals surface area contributed by atoms with Gasteiger partial charge in [0.2, 0.25) is 5.76 Å². The SMILES string of the molecule is Cc1cnoc1C(=O)N1CCC(Cc2ccnc3ccccc23)C1. The molecule has 122 valence electrons. The Labute approximate surface area is 140 Å². The second-order valence-corrected chi connectivity index (χ2v) is 6.44. The van der Waals surface area contributed by atoms with Crippen molar-refractivity contribution in [2.24, 2.45) is 5.92 Å². The van der Waals surface area contributed by atoms with E-state index in [1.54, 1.807) is 6.20 Å². The molecule has 1 amide bonds. The number of fused-ring (bicyclic) bond motifs is 1. The summed E-state index contributed by atoms with van der Waals surface area (Å²) in [6.45, 7) is 3.38. The summed E-state index contributed by atoms with van der Waals surface area (Å²) in [5.41, 5.74) is 3.12. The second-order valence-electron chi connectivity index (χ2n) is 6.44.